The Morgan fingerprint density at radius 1 is 1.21 bits per heavy atom. The van der Waals surface area contributed by atoms with Gasteiger partial charge in [-0.05, 0) is 38.1 Å². The van der Waals surface area contributed by atoms with Crippen molar-refractivity contribution in [2.45, 2.75) is 40.2 Å². The summed E-state index contributed by atoms with van der Waals surface area (Å²) in [6.07, 6.45) is 0.0747. The summed E-state index contributed by atoms with van der Waals surface area (Å²) >= 11 is 18.4. The molecule has 3 atom stereocenters. The van der Waals surface area contributed by atoms with Crippen LogP contribution in [0.2, 0.25) is 0 Å². The van der Waals surface area contributed by atoms with Gasteiger partial charge < -0.3 is 14.4 Å². The van der Waals surface area contributed by atoms with Crippen molar-refractivity contribution in [2.24, 2.45) is 5.92 Å². The molecule has 0 aliphatic carbocycles. The molecule has 1 amide bonds. The summed E-state index contributed by atoms with van der Waals surface area (Å²) in [7, 11) is 1.55. The van der Waals surface area contributed by atoms with E-state index in [1.807, 2.05) is 13.8 Å². The molecule has 0 N–H and O–H groups in total. The minimum Gasteiger partial charge on any atom is -0.497 e. The first-order chi connectivity index (χ1) is 13.4. The maximum atomic E-state index is 12.8. The summed E-state index contributed by atoms with van der Waals surface area (Å²) in [6, 6.07) is 5.94. The van der Waals surface area contributed by atoms with E-state index in [1.165, 1.54) is 16.7 Å². The number of β-lactam (4-membered cyclic amide) rings is 1. The maximum absolute atomic E-state index is 12.8. The zero-order valence-electron chi connectivity index (χ0n) is 16.0. The summed E-state index contributed by atoms with van der Waals surface area (Å²) in [5.74, 6) is -0.835. The van der Waals surface area contributed by atoms with Gasteiger partial charge in [0.05, 0.1) is 18.4 Å². The van der Waals surface area contributed by atoms with Gasteiger partial charge in [-0.3, -0.25) is 9.59 Å². The SMILES string of the molecule is COc1ccc(C(=O)C[C@H]2C(=O)N3[C@@H]2SC(C)(C)[C@@H]3C(=O)OCC(Cl)(Cl)Cl)cc1. The maximum Gasteiger partial charge on any atom is 0.330 e. The number of hydrogen-bond donors (Lipinski definition) is 0. The molecule has 0 spiro atoms. The van der Waals surface area contributed by atoms with Crippen LogP contribution in [0.1, 0.15) is 30.6 Å². The van der Waals surface area contributed by atoms with E-state index in [9.17, 15) is 14.4 Å². The lowest BCUT2D eigenvalue weighted by molar-refractivity contribution is -0.166. The number of carbonyl (C=O) groups is 3. The molecule has 0 bridgehead atoms. The number of esters is 1. The van der Waals surface area contributed by atoms with Crippen LogP contribution in [0.3, 0.4) is 0 Å². The highest BCUT2D eigenvalue weighted by atomic mass is 35.6. The van der Waals surface area contributed by atoms with Crippen LogP contribution in [0.5, 0.6) is 5.75 Å². The third kappa shape index (κ3) is 4.63. The van der Waals surface area contributed by atoms with Gasteiger partial charge in [-0.25, -0.2) is 4.79 Å². The van der Waals surface area contributed by atoms with Gasteiger partial charge in [-0.1, -0.05) is 34.8 Å². The minimum absolute atomic E-state index is 0.0747. The largest absolute Gasteiger partial charge is 0.497 e. The highest BCUT2D eigenvalue weighted by Crippen LogP contribution is 2.54. The van der Waals surface area contributed by atoms with Gasteiger partial charge in [0.15, 0.2) is 5.78 Å². The lowest BCUT2D eigenvalue weighted by atomic mass is 9.87. The van der Waals surface area contributed by atoms with E-state index in [0.29, 0.717) is 11.3 Å². The number of hydrogen-bond acceptors (Lipinski definition) is 6. The second-order valence-electron chi connectivity index (χ2n) is 7.45. The number of thioether (sulfide) groups is 1. The fourth-order valence-electron chi connectivity index (χ4n) is 3.59. The number of ketones is 1. The van der Waals surface area contributed by atoms with Gasteiger partial charge in [0, 0.05) is 16.7 Å². The van der Waals surface area contributed by atoms with Crippen molar-refractivity contribution < 1.29 is 23.9 Å². The zero-order chi connectivity index (χ0) is 21.6. The van der Waals surface area contributed by atoms with Crippen molar-refractivity contribution in [1.82, 2.24) is 4.90 Å². The van der Waals surface area contributed by atoms with E-state index in [-0.39, 0.29) is 23.5 Å². The van der Waals surface area contributed by atoms with E-state index >= 15 is 0 Å². The number of carbonyl (C=O) groups excluding carboxylic acids is 3. The van der Waals surface area contributed by atoms with Crippen molar-refractivity contribution in [3.8, 4) is 5.75 Å². The number of nitrogens with zero attached hydrogens (tertiary/aromatic N) is 1. The summed E-state index contributed by atoms with van der Waals surface area (Å²) < 4.78 is 7.88. The highest BCUT2D eigenvalue weighted by Gasteiger charge is 2.64. The highest BCUT2D eigenvalue weighted by molar-refractivity contribution is 8.01. The Kier molecular flexibility index (Phi) is 6.35. The Hall–Kier alpha value is -1.15. The molecule has 2 aliphatic rings. The topological polar surface area (TPSA) is 72.9 Å². The summed E-state index contributed by atoms with van der Waals surface area (Å²) in [6.45, 7) is 3.31. The quantitative estimate of drug-likeness (QED) is 0.266. The van der Waals surface area contributed by atoms with Crippen LogP contribution in [-0.4, -0.2) is 56.2 Å². The van der Waals surface area contributed by atoms with Gasteiger partial charge in [0.2, 0.25) is 9.70 Å². The van der Waals surface area contributed by atoms with Crippen molar-refractivity contribution in [3.05, 3.63) is 29.8 Å². The Labute approximate surface area is 188 Å². The third-order valence-corrected chi connectivity index (χ3v) is 6.93. The van der Waals surface area contributed by atoms with E-state index in [1.54, 1.807) is 31.4 Å². The second-order valence-corrected chi connectivity index (χ2v) is 11.7. The van der Waals surface area contributed by atoms with Crippen molar-refractivity contribution in [3.63, 3.8) is 0 Å². The predicted octanol–water partition coefficient (Wildman–Crippen LogP) is 3.86. The second kappa shape index (κ2) is 8.17. The Morgan fingerprint density at radius 2 is 1.83 bits per heavy atom. The third-order valence-electron chi connectivity index (χ3n) is 4.97. The first-order valence-electron chi connectivity index (χ1n) is 8.85. The Morgan fingerprint density at radius 3 is 2.38 bits per heavy atom. The van der Waals surface area contributed by atoms with E-state index in [4.69, 9.17) is 44.3 Å². The average Bonchev–Trinajstić information content (AvgIpc) is 2.91. The molecule has 2 saturated heterocycles. The molecule has 158 valence electrons. The number of amides is 1. The molecule has 10 heteroatoms. The molecule has 0 unspecified atom stereocenters. The first kappa shape index (κ1) is 22.5. The molecule has 2 aliphatic heterocycles. The number of fused-ring (bicyclic) bond motifs is 1. The Bertz CT molecular complexity index is 824. The lowest BCUT2D eigenvalue weighted by Gasteiger charge is -2.43. The molecule has 3 rings (SSSR count). The molecule has 29 heavy (non-hydrogen) atoms. The van der Waals surface area contributed by atoms with Crippen molar-refractivity contribution in [1.29, 1.82) is 0 Å². The van der Waals surface area contributed by atoms with Crippen molar-refractivity contribution in [2.75, 3.05) is 13.7 Å². The molecule has 0 radical (unpaired) electrons. The fraction of sp³-hybridized carbons (Fsp3) is 0.526. The fourth-order valence-corrected chi connectivity index (χ4v) is 5.43. The number of Topliss-reactive ketones (excluding diaryl/α,β-unsaturated/α-hetero) is 1. The number of halogens is 3. The molecule has 6 nitrogen and oxygen atoms in total. The van der Waals surface area contributed by atoms with Crippen LogP contribution < -0.4 is 4.74 Å². The van der Waals surface area contributed by atoms with Gasteiger partial charge in [-0.2, -0.15) is 0 Å². The molecule has 2 fully saturated rings. The molecule has 1 aromatic rings. The first-order valence-corrected chi connectivity index (χ1v) is 10.9. The number of benzene rings is 1. The summed E-state index contributed by atoms with van der Waals surface area (Å²) in [5, 5.41) is -0.273. The molecular weight excluding hydrogens is 461 g/mol. The van der Waals surface area contributed by atoms with E-state index in [2.05, 4.69) is 0 Å². The lowest BCUT2D eigenvalue weighted by Crippen LogP contribution is -2.63. The average molecular weight is 481 g/mol. The molecule has 1 aromatic carbocycles. The van der Waals surface area contributed by atoms with E-state index in [0.717, 1.165) is 0 Å². The predicted molar refractivity (Wildman–Crippen MR) is 113 cm³/mol. The summed E-state index contributed by atoms with van der Waals surface area (Å²) in [4.78, 5) is 39.4. The van der Waals surface area contributed by atoms with Crippen LogP contribution in [0.15, 0.2) is 24.3 Å². The number of rotatable bonds is 6. The molecule has 2 heterocycles. The molecular formula is C19H20Cl3NO5S. The van der Waals surface area contributed by atoms with Crippen LogP contribution in [0.4, 0.5) is 0 Å². The smallest absolute Gasteiger partial charge is 0.330 e. The number of methoxy groups -OCH3 is 1. The van der Waals surface area contributed by atoms with Gasteiger partial charge in [-0.15, -0.1) is 11.8 Å². The number of alkyl halides is 3. The van der Waals surface area contributed by atoms with E-state index < -0.39 is 33.1 Å². The van der Waals surface area contributed by atoms with Gasteiger partial charge in [0.1, 0.15) is 18.4 Å². The van der Waals surface area contributed by atoms with Crippen LogP contribution in [-0.2, 0) is 14.3 Å². The van der Waals surface area contributed by atoms with Gasteiger partial charge >= 0.3 is 5.97 Å². The van der Waals surface area contributed by atoms with Crippen LogP contribution >= 0.6 is 46.6 Å². The van der Waals surface area contributed by atoms with Crippen LogP contribution in [0, 0.1) is 5.92 Å². The standard InChI is InChI=1S/C19H20Cl3NO5S/c1-18(2)14(17(26)28-9-19(20,21)22)23-15(25)12(16(23)29-18)8-13(24)10-4-6-11(27-3)7-5-10/h4-7,12,14,16H,8-9H2,1-3H3/t12-,14-,16+/m0/s1. The van der Waals surface area contributed by atoms with Crippen molar-refractivity contribution >= 4 is 64.2 Å². The normalized spacial score (nSPS) is 25.2. The summed E-state index contributed by atoms with van der Waals surface area (Å²) in [5.41, 5.74) is 0.512. The number of ether oxygens (including phenoxy) is 2. The minimum atomic E-state index is -1.72. The zero-order valence-corrected chi connectivity index (χ0v) is 19.1. The Balaban J connectivity index is 1.68. The molecule has 0 saturated carbocycles. The van der Waals surface area contributed by atoms with Gasteiger partial charge in [0.25, 0.3) is 0 Å². The molecule has 0 aromatic heterocycles. The van der Waals surface area contributed by atoms with Crippen LogP contribution in [0.25, 0.3) is 0 Å². The monoisotopic (exact) mass is 479 g/mol.